The van der Waals surface area contributed by atoms with Crippen molar-refractivity contribution < 1.29 is 13.2 Å². The van der Waals surface area contributed by atoms with Crippen LogP contribution in [0.4, 0.5) is 13.2 Å². The van der Waals surface area contributed by atoms with Crippen LogP contribution in [0, 0.1) is 10.8 Å². The summed E-state index contributed by atoms with van der Waals surface area (Å²) in [5, 5.41) is 0. The molecule has 2 aliphatic carbocycles. The molecule has 0 aromatic rings. The van der Waals surface area contributed by atoms with Crippen molar-refractivity contribution in [3.63, 3.8) is 0 Å². The van der Waals surface area contributed by atoms with Crippen molar-refractivity contribution in [2.75, 3.05) is 20.0 Å². The molecule has 0 heterocycles. The highest BCUT2D eigenvalue weighted by atomic mass is 19.1. The average Bonchev–Trinajstić information content (AvgIpc) is 2.54. The SMILES string of the molecule is CCC1=CCC(CF)(C2(CF)C=CC(CF)=CC2)C=C1. The van der Waals surface area contributed by atoms with Crippen LogP contribution in [0.5, 0.6) is 0 Å². The van der Waals surface area contributed by atoms with E-state index in [4.69, 9.17) is 0 Å². The maximum absolute atomic E-state index is 13.8. The zero-order valence-electron chi connectivity index (χ0n) is 11.8. The fraction of sp³-hybridized carbons (Fsp3) is 0.529. The van der Waals surface area contributed by atoms with Crippen LogP contribution in [-0.2, 0) is 0 Å². The van der Waals surface area contributed by atoms with Crippen LogP contribution in [0.15, 0.2) is 47.6 Å². The standard InChI is InChI=1S/C17H21F3/c1-2-14-3-7-16(12-19,8-4-14)17(13-20)9-5-15(11-18)6-10-17/h3-7,9H,2,8,10-13H2,1H3. The van der Waals surface area contributed by atoms with Gasteiger partial charge in [0.2, 0.25) is 0 Å². The fourth-order valence-electron chi connectivity index (χ4n) is 3.00. The number of allylic oxidation sites excluding steroid dienone is 8. The topological polar surface area (TPSA) is 0 Å². The smallest absolute Gasteiger partial charge is 0.114 e. The first kappa shape index (κ1) is 15.1. The van der Waals surface area contributed by atoms with Crippen molar-refractivity contribution in [2.45, 2.75) is 26.2 Å². The first-order chi connectivity index (χ1) is 9.65. The first-order valence-electron chi connectivity index (χ1n) is 7.10. The van der Waals surface area contributed by atoms with E-state index in [1.807, 2.05) is 25.2 Å². The van der Waals surface area contributed by atoms with Gasteiger partial charge in [-0.3, -0.25) is 8.78 Å². The van der Waals surface area contributed by atoms with Crippen LogP contribution in [0.1, 0.15) is 26.2 Å². The van der Waals surface area contributed by atoms with Crippen LogP contribution in [-0.4, -0.2) is 20.0 Å². The van der Waals surface area contributed by atoms with Crippen molar-refractivity contribution >= 4 is 0 Å². The van der Waals surface area contributed by atoms with Crippen LogP contribution >= 0.6 is 0 Å². The van der Waals surface area contributed by atoms with Crippen molar-refractivity contribution in [1.82, 2.24) is 0 Å². The Morgan fingerprint density at radius 2 is 1.40 bits per heavy atom. The van der Waals surface area contributed by atoms with E-state index in [1.54, 1.807) is 18.2 Å². The number of rotatable bonds is 5. The van der Waals surface area contributed by atoms with Gasteiger partial charge < -0.3 is 0 Å². The summed E-state index contributed by atoms with van der Waals surface area (Å²) in [4.78, 5) is 0. The average molecular weight is 282 g/mol. The molecule has 0 N–H and O–H groups in total. The van der Waals surface area contributed by atoms with Gasteiger partial charge in [0.15, 0.2) is 0 Å². The summed E-state index contributed by atoms with van der Waals surface area (Å²) in [7, 11) is 0. The van der Waals surface area contributed by atoms with Crippen LogP contribution in [0.25, 0.3) is 0 Å². The van der Waals surface area contributed by atoms with Crippen molar-refractivity contribution in [3.05, 3.63) is 47.6 Å². The molecule has 0 radical (unpaired) electrons. The Bertz CT molecular complexity index is 429. The molecule has 0 saturated carbocycles. The minimum atomic E-state index is -0.896. The zero-order valence-corrected chi connectivity index (χ0v) is 11.8. The van der Waals surface area contributed by atoms with E-state index in [2.05, 4.69) is 0 Å². The van der Waals surface area contributed by atoms with E-state index in [0.717, 1.165) is 12.0 Å². The Labute approximate surface area is 118 Å². The highest BCUT2D eigenvalue weighted by Gasteiger charge is 2.48. The van der Waals surface area contributed by atoms with E-state index in [1.165, 1.54) is 0 Å². The van der Waals surface area contributed by atoms with Crippen LogP contribution < -0.4 is 0 Å². The van der Waals surface area contributed by atoms with Gasteiger partial charge in [-0.25, -0.2) is 4.39 Å². The predicted molar refractivity (Wildman–Crippen MR) is 76.8 cm³/mol. The summed E-state index contributed by atoms with van der Waals surface area (Å²) < 4.78 is 40.2. The molecule has 2 unspecified atom stereocenters. The van der Waals surface area contributed by atoms with Gasteiger partial charge in [0, 0.05) is 10.8 Å². The summed E-state index contributed by atoms with van der Waals surface area (Å²) >= 11 is 0. The quantitative estimate of drug-likeness (QED) is 0.662. The van der Waals surface area contributed by atoms with Gasteiger partial charge in [0.05, 0.1) is 13.3 Å². The van der Waals surface area contributed by atoms with Gasteiger partial charge in [-0.15, -0.1) is 0 Å². The summed E-state index contributed by atoms with van der Waals surface area (Å²) in [5.74, 6) is 0. The largest absolute Gasteiger partial charge is 0.250 e. The van der Waals surface area contributed by atoms with Gasteiger partial charge >= 0.3 is 0 Å². The number of alkyl halides is 3. The third-order valence-electron chi connectivity index (χ3n) is 4.72. The first-order valence-corrected chi connectivity index (χ1v) is 7.10. The Balaban J connectivity index is 2.32. The summed E-state index contributed by atoms with van der Waals surface area (Å²) in [6, 6.07) is 0. The van der Waals surface area contributed by atoms with Gasteiger partial charge in [-0.1, -0.05) is 49.0 Å². The van der Waals surface area contributed by atoms with Crippen LogP contribution in [0.3, 0.4) is 0 Å². The lowest BCUT2D eigenvalue weighted by Gasteiger charge is -2.46. The van der Waals surface area contributed by atoms with Crippen molar-refractivity contribution in [3.8, 4) is 0 Å². The van der Waals surface area contributed by atoms with Crippen molar-refractivity contribution in [2.24, 2.45) is 10.8 Å². The highest BCUT2D eigenvalue weighted by Crippen LogP contribution is 2.52. The highest BCUT2D eigenvalue weighted by molar-refractivity contribution is 5.35. The van der Waals surface area contributed by atoms with Crippen LogP contribution in [0.2, 0.25) is 0 Å². The molecule has 0 aliphatic heterocycles. The molecule has 0 bridgehead atoms. The molecule has 0 aromatic heterocycles. The lowest BCUT2D eigenvalue weighted by Crippen LogP contribution is -2.44. The van der Waals surface area contributed by atoms with E-state index < -0.39 is 30.9 Å². The predicted octanol–water partition coefficient (Wildman–Crippen LogP) is 5.05. The second-order valence-electron chi connectivity index (χ2n) is 5.70. The van der Waals surface area contributed by atoms with Gasteiger partial charge in [0.1, 0.15) is 6.67 Å². The molecule has 110 valence electrons. The number of hydrogen-bond donors (Lipinski definition) is 0. The minimum absolute atomic E-state index is 0.350. The summed E-state index contributed by atoms with van der Waals surface area (Å²) in [6.07, 6.45) is 12.4. The maximum Gasteiger partial charge on any atom is 0.114 e. The summed E-state index contributed by atoms with van der Waals surface area (Å²) in [5.41, 5.74) is -0.0439. The number of halogens is 3. The third-order valence-corrected chi connectivity index (χ3v) is 4.72. The lowest BCUT2D eigenvalue weighted by molar-refractivity contribution is 0.0719. The molecule has 3 heteroatoms. The molecular formula is C17H21F3. The van der Waals surface area contributed by atoms with Gasteiger partial charge in [-0.2, -0.15) is 0 Å². The molecule has 0 aromatic carbocycles. The van der Waals surface area contributed by atoms with E-state index >= 15 is 0 Å². The Morgan fingerprint density at radius 3 is 1.70 bits per heavy atom. The number of hydrogen-bond acceptors (Lipinski definition) is 0. The molecule has 0 spiro atoms. The monoisotopic (exact) mass is 282 g/mol. The molecule has 0 fully saturated rings. The fourth-order valence-corrected chi connectivity index (χ4v) is 3.00. The van der Waals surface area contributed by atoms with Crippen molar-refractivity contribution in [1.29, 1.82) is 0 Å². The summed E-state index contributed by atoms with van der Waals surface area (Å²) in [6.45, 7) is 0.241. The maximum atomic E-state index is 13.8. The second kappa shape index (κ2) is 6.02. The third kappa shape index (κ3) is 2.38. The lowest BCUT2D eigenvalue weighted by atomic mass is 9.58. The molecule has 0 nitrogen and oxygen atoms in total. The van der Waals surface area contributed by atoms with Gasteiger partial charge in [0.25, 0.3) is 0 Å². The molecule has 2 atom stereocenters. The molecule has 0 saturated heterocycles. The second-order valence-corrected chi connectivity index (χ2v) is 5.70. The van der Waals surface area contributed by atoms with E-state index in [0.29, 0.717) is 18.4 Å². The Morgan fingerprint density at radius 1 is 0.900 bits per heavy atom. The van der Waals surface area contributed by atoms with E-state index in [9.17, 15) is 13.2 Å². The Kier molecular flexibility index (Phi) is 4.56. The van der Waals surface area contributed by atoms with E-state index in [-0.39, 0.29) is 0 Å². The molecule has 0 amide bonds. The molecule has 2 rings (SSSR count). The molecule has 20 heavy (non-hydrogen) atoms. The molecule has 2 aliphatic rings. The Hall–Kier alpha value is -1.25. The normalized spacial score (nSPS) is 33.0. The zero-order chi connectivity index (χ0) is 14.6. The molecular weight excluding hydrogens is 261 g/mol. The van der Waals surface area contributed by atoms with Gasteiger partial charge in [-0.05, 0) is 24.8 Å². The minimum Gasteiger partial charge on any atom is -0.250 e.